The fourth-order valence-corrected chi connectivity index (χ4v) is 5.31. The summed E-state index contributed by atoms with van der Waals surface area (Å²) in [6.07, 6.45) is 9.36. The zero-order valence-electron chi connectivity index (χ0n) is 17.7. The number of benzene rings is 2. The molecule has 6 nitrogen and oxygen atoms in total. The van der Waals surface area contributed by atoms with Crippen molar-refractivity contribution < 1.29 is 18.3 Å². The van der Waals surface area contributed by atoms with Crippen molar-refractivity contribution in [1.29, 1.82) is 0 Å². The first-order chi connectivity index (χ1) is 15.4. The number of aryl methyl sites for hydroxylation is 2. The number of aromatic carboxylic acids is 1. The number of carboxylic acids is 1. The van der Waals surface area contributed by atoms with Gasteiger partial charge in [0.15, 0.2) is 0 Å². The summed E-state index contributed by atoms with van der Waals surface area (Å²) in [5.41, 5.74) is 3.72. The largest absolute Gasteiger partial charge is 0.478 e. The third kappa shape index (κ3) is 4.43. The van der Waals surface area contributed by atoms with Crippen LogP contribution in [0.1, 0.15) is 45.8 Å². The smallest absolute Gasteiger partial charge is 0.337 e. The van der Waals surface area contributed by atoms with Crippen LogP contribution in [0.15, 0.2) is 83.0 Å². The van der Waals surface area contributed by atoms with Crippen LogP contribution in [0.4, 0.5) is 5.69 Å². The van der Waals surface area contributed by atoms with Gasteiger partial charge >= 0.3 is 5.97 Å². The molecule has 0 aliphatic heterocycles. The minimum atomic E-state index is -3.57. The molecule has 0 amide bonds. The van der Waals surface area contributed by atoms with Gasteiger partial charge in [-0.3, -0.25) is 4.98 Å². The van der Waals surface area contributed by atoms with E-state index in [2.05, 4.69) is 10.3 Å². The van der Waals surface area contributed by atoms with Crippen molar-refractivity contribution >= 4 is 21.5 Å². The van der Waals surface area contributed by atoms with Crippen molar-refractivity contribution in [2.75, 3.05) is 5.32 Å². The number of hydrogen-bond donors (Lipinski definition) is 2. The van der Waals surface area contributed by atoms with Gasteiger partial charge in [0.05, 0.1) is 27.2 Å². The first-order valence-corrected chi connectivity index (χ1v) is 11.9. The van der Waals surface area contributed by atoms with Gasteiger partial charge < -0.3 is 10.4 Å². The molecule has 4 rings (SSSR count). The Morgan fingerprint density at radius 3 is 2.62 bits per heavy atom. The monoisotopic (exact) mass is 448 g/mol. The molecule has 1 aliphatic rings. The minimum absolute atomic E-state index is 0.118. The second-order valence-electron chi connectivity index (χ2n) is 7.91. The third-order valence-electron chi connectivity index (χ3n) is 5.74. The lowest BCUT2D eigenvalue weighted by Gasteiger charge is -2.24. The van der Waals surface area contributed by atoms with E-state index in [-0.39, 0.29) is 11.5 Å². The van der Waals surface area contributed by atoms with Gasteiger partial charge in [0.25, 0.3) is 0 Å². The van der Waals surface area contributed by atoms with Crippen molar-refractivity contribution in [1.82, 2.24) is 4.98 Å². The molecular weight excluding hydrogens is 424 g/mol. The molecule has 1 atom stereocenters. The van der Waals surface area contributed by atoms with E-state index in [0.717, 1.165) is 36.0 Å². The molecule has 1 heterocycles. The molecular formula is C25H24N2O4S. The van der Waals surface area contributed by atoms with Crippen LogP contribution in [-0.2, 0) is 16.3 Å². The Bertz CT molecular complexity index is 1280. The summed E-state index contributed by atoms with van der Waals surface area (Å²) in [5.74, 6) is -0.902. The quantitative estimate of drug-likeness (QED) is 0.553. The first-order valence-electron chi connectivity index (χ1n) is 10.4. The van der Waals surface area contributed by atoms with E-state index in [1.807, 2.05) is 19.1 Å². The Balaban J connectivity index is 1.57. The summed E-state index contributed by atoms with van der Waals surface area (Å²) in [6, 6.07) is 13.7. The maximum Gasteiger partial charge on any atom is 0.337 e. The molecule has 1 aliphatic carbocycles. The van der Waals surface area contributed by atoms with Gasteiger partial charge in [-0.2, -0.15) is 0 Å². The topological polar surface area (TPSA) is 96.4 Å². The number of hydrogen-bond acceptors (Lipinski definition) is 5. The van der Waals surface area contributed by atoms with Crippen LogP contribution in [0.5, 0.6) is 0 Å². The van der Waals surface area contributed by atoms with E-state index in [1.165, 1.54) is 18.5 Å². The van der Waals surface area contributed by atoms with Gasteiger partial charge in [-0.15, -0.1) is 0 Å². The SMILES string of the molecule is Cc1ccc(S(=O)(=O)c2ccc3c(c2)CCCC3/C=C/Nc2cnccc2C(=O)O)cc1. The number of anilines is 1. The van der Waals surface area contributed by atoms with E-state index in [4.69, 9.17) is 0 Å². The van der Waals surface area contributed by atoms with Crippen LogP contribution in [0, 0.1) is 6.92 Å². The molecule has 7 heteroatoms. The third-order valence-corrected chi connectivity index (χ3v) is 7.50. The van der Waals surface area contributed by atoms with Gasteiger partial charge in [-0.05, 0) is 73.8 Å². The highest BCUT2D eigenvalue weighted by Crippen LogP contribution is 2.35. The Labute approximate surface area is 187 Å². The fraction of sp³-hybridized carbons (Fsp3) is 0.200. The molecule has 2 N–H and O–H groups in total. The van der Waals surface area contributed by atoms with Crippen LogP contribution in [-0.4, -0.2) is 24.5 Å². The summed E-state index contributed by atoms with van der Waals surface area (Å²) < 4.78 is 26.1. The van der Waals surface area contributed by atoms with Crippen molar-refractivity contribution in [3.05, 3.63) is 95.5 Å². The number of carbonyl (C=O) groups is 1. The molecule has 0 spiro atoms. The predicted molar refractivity (Wildman–Crippen MR) is 123 cm³/mol. The molecule has 32 heavy (non-hydrogen) atoms. The number of pyridine rings is 1. The molecule has 0 fully saturated rings. The number of nitrogens with one attached hydrogen (secondary N) is 1. The van der Waals surface area contributed by atoms with Gasteiger partial charge in [0.2, 0.25) is 9.84 Å². The van der Waals surface area contributed by atoms with E-state index >= 15 is 0 Å². The van der Waals surface area contributed by atoms with Crippen LogP contribution in [0.2, 0.25) is 0 Å². The van der Waals surface area contributed by atoms with Crippen LogP contribution < -0.4 is 5.32 Å². The zero-order valence-corrected chi connectivity index (χ0v) is 18.5. The molecule has 1 aromatic heterocycles. The number of carboxylic acid groups (broad SMARTS) is 1. The zero-order chi connectivity index (χ0) is 22.7. The maximum absolute atomic E-state index is 13.1. The first kappa shape index (κ1) is 21.8. The second kappa shape index (κ2) is 8.96. The molecule has 0 radical (unpaired) electrons. The molecule has 164 valence electrons. The normalized spacial score (nSPS) is 16.0. The summed E-state index contributed by atoms with van der Waals surface area (Å²) in [7, 11) is -3.57. The number of allylic oxidation sites excluding steroid dienone is 1. The van der Waals surface area contributed by atoms with Crippen LogP contribution in [0.25, 0.3) is 0 Å². The van der Waals surface area contributed by atoms with Gasteiger partial charge in [0.1, 0.15) is 0 Å². The van der Waals surface area contributed by atoms with Gasteiger partial charge in [-0.1, -0.05) is 29.8 Å². The van der Waals surface area contributed by atoms with E-state index in [9.17, 15) is 18.3 Å². The highest BCUT2D eigenvalue weighted by atomic mass is 32.2. The molecule has 0 saturated carbocycles. The van der Waals surface area contributed by atoms with Crippen molar-refractivity contribution in [3.8, 4) is 0 Å². The average molecular weight is 449 g/mol. The van der Waals surface area contributed by atoms with Crippen molar-refractivity contribution in [2.24, 2.45) is 0 Å². The van der Waals surface area contributed by atoms with Crippen molar-refractivity contribution in [3.63, 3.8) is 0 Å². The number of fused-ring (bicyclic) bond motifs is 1. The standard InChI is InChI=1S/C25H24N2O4S/c1-17-5-7-20(8-6-17)32(30,31)21-9-10-22-18(3-2-4-19(22)15-21)11-14-27-24-16-26-13-12-23(24)25(28)29/h5-16,18,27H,2-4H2,1H3,(H,28,29)/b14-11+. The van der Waals surface area contributed by atoms with Gasteiger partial charge in [-0.25, -0.2) is 13.2 Å². The average Bonchev–Trinajstić information content (AvgIpc) is 2.79. The van der Waals surface area contributed by atoms with Crippen LogP contribution >= 0.6 is 0 Å². The lowest BCUT2D eigenvalue weighted by atomic mass is 9.83. The Morgan fingerprint density at radius 1 is 1.12 bits per heavy atom. The molecule has 2 aromatic carbocycles. The molecule has 0 bridgehead atoms. The Morgan fingerprint density at radius 2 is 1.88 bits per heavy atom. The minimum Gasteiger partial charge on any atom is -0.478 e. The summed E-state index contributed by atoms with van der Waals surface area (Å²) in [4.78, 5) is 15.9. The van der Waals surface area contributed by atoms with Crippen molar-refractivity contribution in [2.45, 2.75) is 41.9 Å². The number of aromatic nitrogens is 1. The highest BCUT2D eigenvalue weighted by Gasteiger charge is 2.23. The molecule has 1 unspecified atom stereocenters. The van der Waals surface area contributed by atoms with Gasteiger partial charge in [0, 0.05) is 12.1 Å². The Hall–Kier alpha value is -3.45. The lowest BCUT2D eigenvalue weighted by Crippen LogP contribution is -2.11. The molecule has 0 saturated heterocycles. The van der Waals surface area contributed by atoms with Crippen LogP contribution in [0.3, 0.4) is 0 Å². The Kier molecular flexibility index (Phi) is 6.10. The summed E-state index contributed by atoms with van der Waals surface area (Å²) in [6.45, 7) is 1.93. The maximum atomic E-state index is 13.1. The number of sulfone groups is 1. The second-order valence-corrected chi connectivity index (χ2v) is 9.86. The van der Waals surface area contributed by atoms with E-state index in [0.29, 0.717) is 15.5 Å². The fourth-order valence-electron chi connectivity index (χ4n) is 4.00. The van der Waals surface area contributed by atoms with E-state index < -0.39 is 15.8 Å². The number of rotatable bonds is 6. The predicted octanol–water partition coefficient (Wildman–Crippen LogP) is 4.97. The number of nitrogens with zero attached hydrogens (tertiary/aromatic N) is 1. The summed E-state index contributed by atoms with van der Waals surface area (Å²) in [5, 5.41) is 12.3. The highest BCUT2D eigenvalue weighted by molar-refractivity contribution is 7.91. The molecule has 3 aromatic rings. The summed E-state index contributed by atoms with van der Waals surface area (Å²) >= 11 is 0. The van der Waals surface area contributed by atoms with E-state index in [1.54, 1.807) is 42.6 Å². The lowest BCUT2D eigenvalue weighted by molar-refractivity contribution is 0.0698.